The van der Waals surface area contributed by atoms with Crippen LogP contribution in [0.5, 0.6) is 0 Å². The second-order valence-corrected chi connectivity index (χ2v) is 5.40. The Morgan fingerprint density at radius 1 is 1.29 bits per heavy atom. The predicted octanol–water partition coefficient (Wildman–Crippen LogP) is 1.87. The first-order valence-electron chi connectivity index (χ1n) is 4.76. The van der Waals surface area contributed by atoms with Gasteiger partial charge in [-0.3, -0.25) is 9.40 Å². The summed E-state index contributed by atoms with van der Waals surface area (Å²) in [6, 6.07) is 8.59. The van der Waals surface area contributed by atoms with Crippen LogP contribution < -0.4 is 4.72 Å². The fourth-order valence-electron chi connectivity index (χ4n) is 1.41. The molecule has 1 aromatic heterocycles. The Balaban J connectivity index is 2.39. The van der Waals surface area contributed by atoms with Crippen molar-refractivity contribution >= 4 is 27.3 Å². The van der Waals surface area contributed by atoms with Gasteiger partial charge in [0.25, 0.3) is 10.0 Å². The molecule has 0 fully saturated rings. The molecule has 90 valence electrons. The Labute approximate surface area is 104 Å². The van der Waals surface area contributed by atoms with Gasteiger partial charge in [0.1, 0.15) is 0 Å². The van der Waals surface area contributed by atoms with Gasteiger partial charge in [0, 0.05) is 12.7 Å². The van der Waals surface area contributed by atoms with E-state index in [-0.39, 0.29) is 10.0 Å². The summed E-state index contributed by atoms with van der Waals surface area (Å²) in [6.07, 6.45) is 1.29. The number of rotatable bonds is 3. The largest absolute Gasteiger partial charge is 0.280 e. The second kappa shape index (κ2) is 4.38. The lowest BCUT2D eigenvalue weighted by Crippen LogP contribution is -2.17. The Morgan fingerprint density at radius 2 is 1.94 bits per heavy atom. The summed E-state index contributed by atoms with van der Waals surface area (Å²) < 4.78 is 27.7. The summed E-state index contributed by atoms with van der Waals surface area (Å²) >= 11 is 5.79. The first-order chi connectivity index (χ1) is 8.00. The van der Waals surface area contributed by atoms with Crippen molar-refractivity contribution in [1.29, 1.82) is 0 Å². The lowest BCUT2D eigenvalue weighted by atomic mass is 10.3. The van der Waals surface area contributed by atoms with Crippen molar-refractivity contribution in [2.45, 2.75) is 5.03 Å². The van der Waals surface area contributed by atoms with Crippen LogP contribution in [0.1, 0.15) is 0 Å². The molecule has 0 bridgehead atoms. The number of halogens is 1. The number of nitrogens with one attached hydrogen (secondary N) is 1. The van der Waals surface area contributed by atoms with Gasteiger partial charge in [0.15, 0.2) is 5.03 Å². The number of hydrogen-bond donors (Lipinski definition) is 1. The summed E-state index contributed by atoms with van der Waals surface area (Å²) in [7, 11) is -2.19. The van der Waals surface area contributed by atoms with E-state index in [4.69, 9.17) is 11.6 Å². The van der Waals surface area contributed by atoms with E-state index in [1.807, 2.05) is 0 Å². The van der Waals surface area contributed by atoms with Gasteiger partial charge in [-0.15, -0.1) is 0 Å². The summed E-state index contributed by atoms with van der Waals surface area (Å²) in [5.74, 6) is 0. The number of hydrogen-bond acceptors (Lipinski definition) is 3. The van der Waals surface area contributed by atoms with E-state index in [9.17, 15) is 8.42 Å². The summed E-state index contributed by atoms with van der Waals surface area (Å²) in [5.41, 5.74) is 0.477. The van der Waals surface area contributed by atoms with Gasteiger partial charge in [-0.1, -0.05) is 29.8 Å². The van der Waals surface area contributed by atoms with Crippen molar-refractivity contribution in [1.82, 2.24) is 9.78 Å². The maximum atomic E-state index is 12.0. The lowest BCUT2D eigenvalue weighted by molar-refractivity contribution is 0.582. The minimum atomic E-state index is -3.71. The fourth-order valence-corrected chi connectivity index (χ4v) is 3.13. The van der Waals surface area contributed by atoms with E-state index >= 15 is 0 Å². The molecule has 0 unspecified atom stereocenters. The first-order valence-corrected chi connectivity index (χ1v) is 6.62. The molecule has 5 nitrogen and oxygen atoms in total. The van der Waals surface area contributed by atoms with Crippen LogP contribution in [0, 0.1) is 0 Å². The average Bonchev–Trinajstić information content (AvgIpc) is 2.59. The van der Waals surface area contributed by atoms with Crippen LogP contribution in [0.4, 0.5) is 5.69 Å². The van der Waals surface area contributed by atoms with Gasteiger partial charge in [-0.25, -0.2) is 0 Å². The number of nitrogens with zero attached hydrogens (tertiary/aromatic N) is 2. The highest BCUT2D eigenvalue weighted by Crippen LogP contribution is 2.22. The number of benzene rings is 1. The lowest BCUT2D eigenvalue weighted by Gasteiger charge is -2.08. The minimum absolute atomic E-state index is 0.0528. The third-order valence-corrected chi connectivity index (χ3v) is 4.01. The Kier molecular flexibility index (Phi) is 3.08. The number of sulfonamides is 1. The quantitative estimate of drug-likeness (QED) is 0.927. The highest BCUT2D eigenvalue weighted by atomic mass is 35.5. The van der Waals surface area contributed by atoms with Crippen LogP contribution in [0.3, 0.4) is 0 Å². The third kappa shape index (κ3) is 2.42. The number of anilines is 1. The maximum absolute atomic E-state index is 12.0. The summed E-state index contributed by atoms with van der Waals surface area (Å²) in [5, 5.41) is 3.83. The highest BCUT2D eigenvalue weighted by Gasteiger charge is 2.22. The zero-order valence-corrected chi connectivity index (χ0v) is 10.5. The van der Waals surface area contributed by atoms with Crippen LogP contribution in [-0.4, -0.2) is 18.2 Å². The van der Waals surface area contributed by atoms with E-state index in [0.717, 1.165) is 0 Å². The molecular weight excluding hydrogens is 262 g/mol. The number of para-hydroxylation sites is 1. The van der Waals surface area contributed by atoms with E-state index in [0.29, 0.717) is 5.69 Å². The molecule has 1 aromatic carbocycles. The van der Waals surface area contributed by atoms with Crippen molar-refractivity contribution in [3.05, 3.63) is 41.6 Å². The maximum Gasteiger partial charge on any atom is 0.280 e. The third-order valence-electron chi connectivity index (χ3n) is 2.12. The minimum Gasteiger partial charge on any atom is -0.278 e. The molecule has 0 saturated carbocycles. The molecule has 1 N–H and O–H groups in total. The second-order valence-electron chi connectivity index (χ2n) is 3.39. The Hall–Kier alpha value is -1.53. The molecular formula is C10H10ClN3O2S. The van der Waals surface area contributed by atoms with Crippen LogP contribution in [0.15, 0.2) is 41.6 Å². The zero-order chi connectivity index (χ0) is 12.5. The summed E-state index contributed by atoms with van der Waals surface area (Å²) in [4.78, 5) is 0. The standard InChI is InChI=1S/C10H10ClN3O2S/c1-14-10(9(11)7-12-14)17(15,16)13-8-5-3-2-4-6-8/h2-7,13H,1H3. The summed E-state index contributed by atoms with van der Waals surface area (Å²) in [6.45, 7) is 0. The molecule has 0 radical (unpaired) electrons. The van der Waals surface area contributed by atoms with Crippen molar-refractivity contribution < 1.29 is 8.42 Å². The van der Waals surface area contributed by atoms with Crippen molar-refractivity contribution in [3.8, 4) is 0 Å². The van der Waals surface area contributed by atoms with Crippen LogP contribution in [0.25, 0.3) is 0 Å². The van der Waals surface area contributed by atoms with Crippen molar-refractivity contribution in [2.75, 3.05) is 4.72 Å². The molecule has 0 aliphatic heterocycles. The zero-order valence-electron chi connectivity index (χ0n) is 8.96. The van der Waals surface area contributed by atoms with Gasteiger partial charge in [-0.2, -0.15) is 13.5 Å². The van der Waals surface area contributed by atoms with Crippen molar-refractivity contribution in [2.24, 2.45) is 7.05 Å². The number of aromatic nitrogens is 2. The van der Waals surface area contributed by atoms with Gasteiger partial charge in [0.2, 0.25) is 0 Å². The van der Waals surface area contributed by atoms with Crippen LogP contribution >= 0.6 is 11.6 Å². The first kappa shape index (κ1) is 11.9. The molecule has 17 heavy (non-hydrogen) atoms. The van der Waals surface area contributed by atoms with E-state index in [2.05, 4.69) is 9.82 Å². The molecule has 0 amide bonds. The van der Waals surface area contributed by atoms with E-state index in [1.165, 1.54) is 17.9 Å². The van der Waals surface area contributed by atoms with E-state index < -0.39 is 10.0 Å². The molecule has 2 rings (SSSR count). The van der Waals surface area contributed by atoms with Gasteiger partial charge in [-0.05, 0) is 12.1 Å². The van der Waals surface area contributed by atoms with Gasteiger partial charge < -0.3 is 0 Å². The molecule has 0 saturated heterocycles. The van der Waals surface area contributed by atoms with E-state index in [1.54, 1.807) is 30.3 Å². The highest BCUT2D eigenvalue weighted by molar-refractivity contribution is 7.92. The van der Waals surface area contributed by atoms with Crippen molar-refractivity contribution in [3.63, 3.8) is 0 Å². The fraction of sp³-hybridized carbons (Fsp3) is 0.100. The SMILES string of the molecule is Cn1ncc(Cl)c1S(=O)(=O)Nc1ccccc1. The molecule has 1 heterocycles. The topological polar surface area (TPSA) is 64.0 Å². The van der Waals surface area contributed by atoms with Crippen LogP contribution in [0.2, 0.25) is 5.02 Å². The molecule has 0 atom stereocenters. The Morgan fingerprint density at radius 3 is 2.47 bits per heavy atom. The number of aryl methyl sites for hydroxylation is 1. The predicted molar refractivity (Wildman–Crippen MR) is 65.5 cm³/mol. The smallest absolute Gasteiger partial charge is 0.278 e. The van der Waals surface area contributed by atoms with Gasteiger partial charge >= 0.3 is 0 Å². The molecule has 0 aliphatic rings. The average molecular weight is 272 g/mol. The normalized spacial score (nSPS) is 11.4. The molecule has 7 heteroatoms. The molecule has 0 spiro atoms. The molecule has 0 aliphatic carbocycles. The Bertz CT molecular complexity index is 603. The van der Waals surface area contributed by atoms with Crippen LogP contribution in [-0.2, 0) is 17.1 Å². The monoisotopic (exact) mass is 271 g/mol. The van der Waals surface area contributed by atoms with Gasteiger partial charge in [0.05, 0.1) is 11.2 Å². The molecule has 2 aromatic rings.